The average Bonchev–Trinajstić information content (AvgIpc) is 2.73. The first-order valence-corrected chi connectivity index (χ1v) is 9.90. The number of hydrogen-bond acceptors (Lipinski definition) is 4. The van der Waals surface area contributed by atoms with E-state index >= 15 is 0 Å². The van der Waals surface area contributed by atoms with Gasteiger partial charge in [0, 0.05) is 12.8 Å². The number of thioether (sulfide) groups is 1. The van der Waals surface area contributed by atoms with E-state index < -0.39 is 5.97 Å². The molecule has 2 N–H and O–H groups in total. The molecule has 0 aliphatic carbocycles. The van der Waals surface area contributed by atoms with Gasteiger partial charge in [0.1, 0.15) is 6.07 Å². The summed E-state index contributed by atoms with van der Waals surface area (Å²) in [5, 5.41) is 22.6. The molecule has 0 heterocycles. The maximum Gasteiger partial charge on any atom is 0.335 e. The normalized spacial score (nSPS) is 12.0. The second-order valence-electron chi connectivity index (χ2n) is 5.12. The Bertz CT molecular complexity index is 827. The molecule has 0 unspecified atom stereocenters. The molecule has 0 bridgehead atoms. The van der Waals surface area contributed by atoms with Crippen LogP contribution in [0.2, 0.25) is 0 Å². The fraction of sp³-hybridized carbons (Fsp3) is 0.217. The van der Waals surface area contributed by atoms with E-state index in [-0.39, 0.29) is 5.56 Å². The van der Waals surface area contributed by atoms with Gasteiger partial charge in [-0.3, -0.25) is 0 Å². The summed E-state index contributed by atoms with van der Waals surface area (Å²) in [7, 11) is 1.76. The molecule has 0 spiro atoms. The number of nitriles is 1. The molecule has 1 aromatic carbocycles. The zero-order valence-electron chi connectivity index (χ0n) is 17.0. The summed E-state index contributed by atoms with van der Waals surface area (Å²) >= 11 is 1.44. The third-order valence-electron chi connectivity index (χ3n) is 3.51. The van der Waals surface area contributed by atoms with Gasteiger partial charge in [-0.25, -0.2) is 4.79 Å². The maximum atomic E-state index is 11.1. The quantitative estimate of drug-likeness (QED) is 0.405. The highest BCUT2D eigenvalue weighted by Crippen LogP contribution is 2.29. The summed E-state index contributed by atoms with van der Waals surface area (Å²) in [5.74, 6) is -0.422. The summed E-state index contributed by atoms with van der Waals surface area (Å²) in [4.78, 5) is 11.1. The van der Waals surface area contributed by atoms with Crippen molar-refractivity contribution in [2.24, 2.45) is 0 Å². The van der Waals surface area contributed by atoms with E-state index in [4.69, 9.17) is 5.11 Å². The number of hydrogen-bond donors (Lipinski definition) is 2. The molecule has 0 aliphatic heterocycles. The van der Waals surface area contributed by atoms with Gasteiger partial charge >= 0.3 is 5.97 Å². The Morgan fingerprint density at radius 3 is 2.50 bits per heavy atom. The molecule has 1 aromatic rings. The topological polar surface area (TPSA) is 73.1 Å². The van der Waals surface area contributed by atoms with Crippen LogP contribution >= 0.6 is 11.8 Å². The van der Waals surface area contributed by atoms with E-state index in [9.17, 15) is 10.1 Å². The van der Waals surface area contributed by atoms with E-state index in [1.54, 1.807) is 43.5 Å². The predicted molar refractivity (Wildman–Crippen MR) is 120 cm³/mol. The lowest BCUT2D eigenvalue weighted by molar-refractivity contribution is 0.0697. The van der Waals surface area contributed by atoms with Crippen LogP contribution in [0.5, 0.6) is 0 Å². The monoisotopic (exact) mass is 396 g/mol. The van der Waals surface area contributed by atoms with Gasteiger partial charge in [-0.2, -0.15) is 5.26 Å². The van der Waals surface area contributed by atoms with Crippen LogP contribution in [0.1, 0.15) is 36.7 Å². The van der Waals surface area contributed by atoms with Crippen LogP contribution in [0, 0.1) is 11.3 Å². The largest absolute Gasteiger partial charge is 0.478 e. The summed E-state index contributed by atoms with van der Waals surface area (Å²) < 4.78 is 0. The minimum Gasteiger partial charge on any atom is -0.478 e. The third-order valence-corrected chi connectivity index (χ3v) is 4.68. The number of benzene rings is 1. The highest BCUT2D eigenvalue weighted by atomic mass is 32.2. The molecular formula is C23H28N2O2S. The zero-order chi connectivity index (χ0) is 21.5. The van der Waals surface area contributed by atoms with Crippen LogP contribution in [0.4, 0.5) is 0 Å². The summed E-state index contributed by atoms with van der Waals surface area (Å²) in [6, 6.07) is 9.03. The van der Waals surface area contributed by atoms with E-state index in [2.05, 4.69) is 24.5 Å². The van der Waals surface area contributed by atoms with Gasteiger partial charge in [0.15, 0.2) is 0 Å². The standard InChI is InChI=1S/C21H22N2O2S.C2H6/c1-5-9-16(6-2)18(7-3)19(13-22)20(23-4)26-14-15-10-8-11-17(12-15)21(24)25;1-2/h5-12,23H,1-2,14H2,3-4H3,(H,24,25);1-2H3/b16-9+,18-7-,20-19+;. The number of nitrogens with zero attached hydrogens (tertiary/aromatic N) is 1. The molecule has 0 aliphatic rings. The molecule has 4 nitrogen and oxygen atoms in total. The van der Waals surface area contributed by atoms with Crippen molar-refractivity contribution in [1.29, 1.82) is 5.26 Å². The fourth-order valence-corrected chi connectivity index (χ4v) is 3.24. The van der Waals surface area contributed by atoms with Crippen molar-refractivity contribution < 1.29 is 9.90 Å². The molecule has 5 heteroatoms. The van der Waals surface area contributed by atoms with Crippen LogP contribution < -0.4 is 5.32 Å². The maximum absolute atomic E-state index is 11.1. The Morgan fingerprint density at radius 1 is 1.36 bits per heavy atom. The van der Waals surface area contributed by atoms with Gasteiger partial charge < -0.3 is 10.4 Å². The van der Waals surface area contributed by atoms with Gasteiger partial charge in [-0.15, -0.1) is 11.8 Å². The summed E-state index contributed by atoms with van der Waals surface area (Å²) in [5.41, 5.74) is 3.18. The Balaban J connectivity index is 0.00000352. The van der Waals surface area contributed by atoms with Crippen molar-refractivity contribution >= 4 is 17.7 Å². The molecule has 0 fully saturated rings. The fourth-order valence-electron chi connectivity index (χ4n) is 2.30. The molecule has 0 aromatic heterocycles. The number of carbonyl (C=O) groups is 1. The van der Waals surface area contributed by atoms with Gasteiger partial charge in [-0.1, -0.05) is 63.4 Å². The average molecular weight is 397 g/mol. The zero-order valence-corrected chi connectivity index (χ0v) is 17.8. The van der Waals surface area contributed by atoms with Gasteiger partial charge in [0.25, 0.3) is 0 Å². The lowest BCUT2D eigenvalue weighted by Crippen LogP contribution is -2.08. The van der Waals surface area contributed by atoms with E-state index in [0.717, 1.165) is 16.7 Å². The minimum absolute atomic E-state index is 0.246. The first kappa shape index (κ1) is 25.0. The third kappa shape index (κ3) is 7.34. The molecule has 0 radical (unpaired) electrons. The number of carboxylic acid groups (broad SMARTS) is 1. The smallest absolute Gasteiger partial charge is 0.335 e. The van der Waals surface area contributed by atoms with E-state index in [1.165, 1.54) is 11.8 Å². The molecule has 148 valence electrons. The van der Waals surface area contributed by atoms with Crippen LogP contribution in [0.3, 0.4) is 0 Å². The van der Waals surface area contributed by atoms with Crippen LogP contribution in [0.15, 0.2) is 83.5 Å². The molecular weight excluding hydrogens is 368 g/mol. The first-order chi connectivity index (χ1) is 13.5. The second kappa shape index (κ2) is 14.1. The van der Waals surface area contributed by atoms with Gasteiger partial charge in [-0.05, 0) is 35.8 Å². The SMILES string of the molecule is C=C/C=C(C=C)/C(=C/C)C(/C#N)=C(\NC)SCc1cccc(C(=O)O)c1.CC. The van der Waals surface area contributed by atoms with Crippen molar-refractivity contribution in [1.82, 2.24) is 5.32 Å². The van der Waals surface area contributed by atoms with E-state index in [0.29, 0.717) is 16.4 Å². The Labute approximate surface area is 172 Å². The first-order valence-electron chi connectivity index (χ1n) is 8.91. The molecule has 0 atom stereocenters. The van der Waals surface area contributed by atoms with E-state index in [1.807, 2.05) is 32.9 Å². The van der Waals surface area contributed by atoms with Crippen LogP contribution in [-0.4, -0.2) is 18.1 Å². The minimum atomic E-state index is -0.958. The van der Waals surface area contributed by atoms with Gasteiger partial charge in [0.05, 0.1) is 16.2 Å². The highest BCUT2D eigenvalue weighted by molar-refractivity contribution is 8.02. The summed E-state index contributed by atoms with van der Waals surface area (Å²) in [6.07, 6.45) is 6.99. The highest BCUT2D eigenvalue weighted by Gasteiger charge is 2.14. The predicted octanol–water partition coefficient (Wildman–Crippen LogP) is 5.84. The number of allylic oxidation sites excluding steroid dienone is 7. The molecule has 1 rings (SSSR count). The number of carboxylic acids is 1. The van der Waals surface area contributed by atoms with Crippen LogP contribution in [0.25, 0.3) is 0 Å². The van der Waals surface area contributed by atoms with Crippen molar-refractivity contribution in [3.8, 4) is 6.07 Å². The molecule has 0 amide bonds. The Kier molecular flexibility index (Phi) is 12.6. The Hall–Kier alpha value is -2.97. The summed E-state index contributed by atoms with van der Waals surface area (Å²) in [6.45, 7) is 13.4. The van der Waals surface area contributed by atoms with Crippen molar-refractivity contribution in [3.63, 3.8) is 0 Å². The van der Waals surface area contributed by atoms with Crippen LogP contribution in [-0.2, 0) is 5.75 Å². The van der Waals surface area contributed by atoms with Gasteiger partial charge in [0.2, 0.25) is 0 Å². The molecule has 0 saturated heterocycles. The van der Waals surface area contributed by atoms with Crippen molar-refractivity contribution in [2.45, 2.75) is 26.5 Å². The lowest BCUT2D eigenvalue weighted by atomic mass is 9.98. The number of nitrogens with one attached hydrogen (secondary N) is 1. The van der Waals surface area contributed by atoms with Crippen molar-refractivity contribution in [2.75, 3.05) is 7.05 Å². The number of rotatable bonds is 9. The Morgan fingerprint density at radius 2 is 2.04 bits per heavy atom. The number of aromatic carboxylic acids is 1. The molecule has 28 heavy (non-hydrogen) atoms. The second-order valence-corrected chi connectivity index (χ2v) is 6.11. The molecule has 0 saturated carbocycles. The van der Waals surface area contributed by atoms with Crippen molar-refractivity contribution in [3.05, 3.63) is 94.6 Å². The lowest BCUT2D eigenvalue weighted by Gasteiger charge is -2.13.